The largest absolute Gasteiger partial charge is 0.424 e. The minimum Gasteiger partial charge on any atom is -0.424 e. The number of nitrogen functional groups attached to an aromatic ring is 1. The molecule has 0 aliphatic rings. The van der Waals surface area contributed by atoms with Crippen LogP contribution in [-0.2, 0) is 9.59 Å². The van der Waals surface area contributed by atoms with Crippen LogP contribution in [0.4, 0.5) is 23.0 Å². The van der Waals surface area contributed by atoms with Crippen LogP contribution < -0.4 is 27.3 Å². The Hall–Kier alpha value is -3.41. The van der Waals surface area contributed by atoms with E-state index in [2.05, 4.69) is 20.5 Å². The molecule has 1 aromatic heterocycles. The molecule has 2 aromatic rings. The summed E-state index contributed by atoms with van der Waals surface area (Å²) in [6.45, 7) is 0.240. The van der Waals surface area contributed by atoms with Gasteiger partial charge >= 0.3 is 5.97 Å². The van der Waals surface area contributed by atoms with Gasteiger partial charge in [0, 0.05) is 0 Å². The summed E-state index contributed by atoms with van der Waals surface area (Å²) in [5, 5.41) is 19.5. The van der Waals surface area contributed by atoms with E-state index in [9.17, 15) is 9.59 Å². The lowest BCUT2D eigenvalue weighted by Crippen LogP contribution is -2.35. The summed E-state index contributed by atoms with van der Waals surface area (Å²) in [5.74, 6) is -0.463. The predicted molar refractivity (Wildman–Crippen MR) is 116 cm³/mol. The number of para-hydroxylation sites is 1. The van der Waals surface area contributed by atoms with Crippen molar-refractivity contribution < 1.29 is 19.4 Å². The van der Waals surface area contributed by atoms with Crippen molar-refractivity contribution in [1.29, 1.82) is 0 Å². The van der Waals surface area contributed by atoms with Crippen LogP contribution in [0.5, 0.6) is 5.75 Å². The van der Waals surface area contributed by atoms with Crippen LogP contribution >= 0.6 is 0 Å². The highest BCUT2D eigenvalue weighted by atomic mass is 16.5. The molecule has 2 rings (SSSR count). The molecule has 11 nitrogen and oxygen atoms in total. The van der Waals surface area contributed by atoms with Gasteiger partial charge in [-0.05, 0) is 43.7 Å². The predicted octanol–water partition coefficient (Wildman–Crippen LogP) is 1.76. The zero-order valence-corrected chi connectivity index (χ0v) is 17.0. The van der Waals surface area contributed by atoms with Gasteiger partial charge in [-0.25, -0.2) is 4.98 Å². The maximum atomic E-state index is 12.1. The number of ether oxygens (including phenoxy) is 1. The number of nitrogens with one attached hydrogen (secondary N) is 1. The van der Waals surface area contributed by atoms with Gasteiger partial charge in [-0.15, -0.1) is 10.2 Å². The number of rotatable bonds is 11. The molecule has 0 fully saturated rings. The molecule has 0 radical (unpaired) electrons. The maximum absolute atomic E-state index is 12.1. The van der Waals surface area contributed by atoms with Gasteiger partial charge in [-0.2, -0.15) is 0 Å². The van der Waals surface area contributed by atoms with E-state index in [-0.39, 0.29) is 42.0 Å². The number of nitrogens with zero attached hydrogens (tertiary/aromatic N) is 3. The maximum Gasteiger partial charge on any atom is 0.313 e. The number of hydrogen-bond donors (Lipinski definition) is 5. The standard InChI is InChI=1S/C20H27N7O4/c21-11-4-3-5-13(22)20(30)25-17-9-8-15(19(23)24-17)27-26-14-6-1-2-7-16(14)31-18(29)10-12-28/h1-2,6-9,13,28H,3-5,10-12,21-22H2,(H3,23,24,25,30)/t13-/m0/s1. The van der Waals surface area contributed by atoms with Gasteiger partial charge in [0.1, 0.15) is 17.2 Å². The first kappa shape index (κ1) is 23.9. The SMILES string of the molecule is NCCCC[C@H](N)C(=O)Nc1ccc(N=Nc2ccccc2OC(=O)CCO)c(N)n1. The van der Waals surface area contributed by atoms with Gasteiger partial charge in [0.2, 0.25) is 5.91 Å². The number of carbonyl (C=O) groups excluding carboxylic acids is 2. The number of carbonyl (C=O) groups is 2. The van der Waals surface area contributed by atoms with Gasteiger partial charge in [0.05, 0.1) is 19.1 Å². The number of unbranched alkanes of at least 4 members (excludes halogenated alkanes) is 1. The second kappa shape index (κ2) is 12.3. The summed E-state index contributed by atoms with van der Waals surface area (Å²) in [7, 11) is 0. The van der Waals surface area contributed by atoms with Crippen molar-refractivity contribution in [3.8, 4) is 5.75 Å². The second-order valence-electron chi connectivity index (χ2n) is 6.60. The van der Waals surface area contributed by atoms with Gasteiger partial charge in [-0.1, -0.05) is 18.6 Å². The molecule has 0 bridgehead atoms. The van der Waals surface area contributed by atoms with Crippen molar-refractivity contribution in [3.63, 3.8) is 0 Å². The van der Waals surface area contributed by atoms with E-state index in [1.54, 1.807) is 30.3 Å². The smallest absolute Gasteiger partial charge is 0.313 e. The molecule has 8 N–H and O–H groups in total. The Bertz CT molecular complexity index is 920. The van der Waals surface area contributed by atoms with Crippen LogP contribution in [0.2, 0.25) is 0 Å². The zero-order valence-electron chi connectivity index (χ0n) is 17.0. The van der Waals surface area contributed by atoms with E-state index in [4.69, 9.17) is 27.0 Å². The van der Waals surface area contributed by atoms with Crippen molar-refractivity contribution in [2.45, 2.75) is 31.7 Å². The fourth-order valence-corrected chi connectivity index (χ4v) is 2.48. The molecule has 1 heterocycles. The third kappa shape index (κ3) is 7.74. The summed E-state index contributed by atoms with van der Waals surface area (Å²) in [6.07, 6.45) is 1.95. The Kier molecular flexibility index (Phi) is 9.49. The van der Waals surface area contributed by atoms with Crippen LogP contribution in [0, 0.1) is 0 Å². The highest BCUT2D eigenvalue weighted by Crippen LogP contribution is 2.30. The van der Waals surface area contributed by atoms with Crippen LogP contribution in [0.25, 0.3) is 0 Å². The number of aromatic nitrogens is 1. The molecule has 1 aromatic carbocycles. The quantitative estimate of drug-likeness (QED) is 0.154. The Morgan fingerprint density at radius 1 is 1.13 bits per heavy atom. The van der Waals surface area contributed by atoms with E-state index in [0.29, 0.717) is 18.7 Å². The number of hydrogen-bond acceptors (Lipinski definition) is 10. The average molecular weight is 429 g/mol. The van der Waals surface area contributed by atoms with E-state index >= 15 is 0 Å². The average Bonchev–Trinajstić information content (AvgIpc) is 2.74. The number of anilines is 2. The molecule has 1 atom stereocenters. The Balaban J connectivity index is 2.05. The molecule has 0 spiro atoms. The number of aliphatic hydroxyl groups is 1. The van der Waals surface area contributed by atoms with Crippen molar-refractivity contribution >= 4 is 34.9 Å². The van der Waals surface area contributed by atoms with Gasteiger partial charge in [0.15, 0.2) is 11.6 Å². The summed E-state index contributed by atoms with van der Waals surface area (Å²) in [6, 6.07) is 8.95. The summed E-state index contributed by atoms with van der Waals surface area (Å²) in [4.78, 5) is 27.8. The van der Waals surface area contributed by atoms with Crippen molar-refractivity contribution in [2.24, 2.45) is 21.7 Å². The summed E-state index contributed by atoms with van der Waals surface area (Å²) >= 11 is 0. The number of aliphatic hydroxyl groups excluding tert-OH is 1. The highest BCUT2D eigenvalue weighted by molar-refractivity contribution is 5.94. The lowest BCUT2D eigenvalue weighted by atomic mass is 10.1. The van der Waals surface area contributed by atoms with E-state index in [1.165, 1.54) is 6.07 Å². The molecular weight excluding hydrogens is 402 g/mol. The Labute approximate surface area is 179 Å². The molecule has 0 aliphatic carbocycles. The molecule has 166 valence electrons. The number of nitrogens with two attached hydrogens (primary N) is 3. The molecule has 0 saturated carbocycles. The van der Waals surface area contributed by atoms with Crippen LogP contribution in [0.1, 0.15) is 25.7 Å². The minimum absolute atomic E-state index is 0.0491. The lowest BCUT2D eigenvalue weighted by molar-refractivity contribution is -0.135. The molecule has 11 heteroatoms. The van der Waals surface area contributed by atoms with Gasteiger partial charge in [0.25, 0.3) is 0 Å². The first-order valence-electron chi connectivity index (χ1n) is 9.80. The number of azo groups is 1. The normalized spacial score (nSPS) is 12.0. The summed E-state index contributed by atoms with van der Waals surface area (Å²) in [5.41, 5.74) is 17.8. The number of esters is 1. The third-order valence-corrected chi connectivity index (χ3v) is 4.13. The van der Waals surface area contributed by atoms with Gasteiger partial charge in [-0.3, -0.25) is 9.59 Å². The van der Waals surface area contributed by atoms with Crippen LogP contribution in [-0.4, -0.2) is 41.2 Å². The van der Waals surface area contributed by atoms with E-state index in [0.717, 1.165) is 12.8 Å². The van der Waals surface area contributed by atoms with Crippen LogP contribution in [0.15, 0.2) is 46.6 Å². The first-order chi connectivity index (χ1) is 14.9. The van der Waals surface area contributed by atoms with Crippen molar-refractivity contribution in [2.75, 3.05) is 24.2 Å². The number of amides is 1. The molecule has 0 aliphatic heterocycles. The Morgan fingerprint density at radius 3 is 2.58 bits per heavy atom. The monoisotopic (exact) mass is 429 g/mol. The first-order valence-corrected chi connectivity index (χ1v) is 9.80. The molecule has 0 saturated heterocycles. The lowest BCUT2D eigenvalue weighted by Gasteiger charge is -2.12. The minimum atomic E-state index is -0.668. The summed E-state index contributed by atoms with van der Waals surface area (Å²) < 4.78 is 5.16. The molecular formula is C20H27N7O4. The topological polar surface area (TPSA) is 191 Å². The van der Waals surface area contributed by atoms with Gasteiger partial charge < -0.3 is 32.4 Å². The van der Waals surface area contributed by atoms with Crippen molar-refractivity contribution in [3.05, 3.63) is 36.4 Å². The third-order valence-electron chi connectivity index (χ3n) is 4.13. The van der Waals surface area contributed by atoms with Crippen molar-refractivity contribution in [1.82, 2.24) is 4.98 Å². The fraction of sp³-hybridized carbons (Fsp3) is 0.350. The zero-order chi connectivity index (χ0) is 22.6. The van der Waals surface area contributed by atoms with E-state index in [1.807, 2.05) is 0 Å². The highest BCUT2D eigenvalue weighted by Gasteiger charge is 2.14. The number of benzene rings is 1. The van der Waals surface area contributed by atoms with E-state index < -0.39 is 12.0 Å². The second-order valence-corrected chi connectivity index (χ2v) is 6.60. The number of pyridine rings is 1. The Morgan fingerprint density at radius 2 is 1.87 bits per heavy atom. The molecule has 0 unspecified atom stereocenters. The molecule has 31 heavy (non-hydrogen) atoms. The van der Waals surface area contributed by atoms with Crippen LogP contribution in [0.3, 0.4) is 0 Å². The fourth-order valence-electron chi connectivity index (χ4n) is 2.48. The molecule has 1 amide bonds.